The lowest BCUT2D eigenvalue weighted by Crippen LogP contribution is -2.54. The lowest BCUT2D eigenvalue weighted by Gasteiger charge is -2.32. The van der Waals surface area contributed by atoms with E-state index in [9.17, 15) is 9.59 Å². The number of aliphatic carboxylic acids is 1. The lowest BCUT2D eigenvalue weighted by atomic mass is 10.2. The lowest BCUT2D eigenvalue weighted by molar-refractivity contribution is -0.147. The molecule has 0 radical (unpaired) electrons. The van der Waals surface area contributed by atoms with Gasteiger partial charge in [0.1, 0.15) is 0 Å². The predicted molar refractivity (Wildman–Crippen MR) is 70.6 cm³/mol. The molecule has 2 heterocycles. The first kappa shape index (κ1) is 14.3. The molecule has 1 atom stereocenters. The number of carbonyl (C=O) groups is 2. The van der Waals surface area contributed by atoms with Crippen molar-refractivity contribution in [2.24, 2.45) is 7.05 Å². The molecular weight excluding hydrogens is 264 g/mol. The second-order valence-corrected chi connectivity index (χ2v) is 4.57. The number of ether oxygens (including phenoxy) is 1. The van der Waals surface area contributed by atoms with E-state index in [2.05, 4.69) is 10.4 Å². The molecule has 0 bridgehead atoms. The van der Waals surface area contributed by atoms with E-state index >= 15 is 0 Å². The number of hydrogen-bond donors (Lipinski definition) is 2. The van der Waals surface area contributed by atoms with Gasteiger partial charge in [0.25, 0.3) is 0 Å². The Kier molecular flexibility index (Phi) is 4.23. The van der Waals surface area contributed by atoms with Gasteiger partial charge in [-0.25, -0.2) is 9.59 Å². The number of aromatic nitrogens is 2. The maximum absolute atomic E-state index is 12.2. The average Bonchev–Trinajstić information content (AvgIpc) is 2.78. The van der Waals surface area contributed by atoms with Crippen molar-refractivity contribution in [1.29, 1.82) is 0 Å². The van der Waals surface area contributed by atoms with Crippen molar-refractivity contribution in [2.45, 2.75) is 19.4 Å². The van der Waals surface area contributed by atoms with Gasteiger partial charge in [-0.1, -0.05) is 6.92 Å². The van der Waals surface area contributed by atoms with E-state index in [0.29, 0.717) is 18.7 Å². The second-order valence-electron chi connectivity index (χ2n) is 4.57. The van der Waals surface area contributed by atoms with Crippen molar-refractivity contribution in [3.63, 3.8) is 0 Å². The van der Waals surface area contributed by atoms with E-state index in [-0.39, 0.29) is 13.2 Å². The largest absolute Gasteiger partial charge is 0.480 e. The van der Waals surface area contributed by atoms with Gasteiger partial charge in [0.2, 0.25) is 0 Å². The van der Waals surface area contributed by atoms with Crippen molar-refractivity contribution in [1.82, 2.24) is 14.7 Å². The highest BCUT2D eigenvalue weighted by molar-refractivity contribution is 5.92. The predicted octanol–water partition coefficient (Wildman–Crippen LogP) is 0.300. The zero-order chi connectivity index (χ0) is 14.7. The Morgan fingerprint density at radius 2 is 2.35 bits per heavy atom. The van der Waals surface area contributed by atoms with Crippen LogP contribution in [0.15, 0.2) is 6.20 Å². The number of carboxylic acids is 1. The van der Waals surface area contributed by atoms with Crippen LogP contribution in [0.3, 0.4) is 0 Å². The fourth-order valence-electron chi connectivity index (χ4n) is 2.14. The average molecular weight is 282 g/mol. The van der Waals surface area contributed by atoms with Crippen LogP contribution in [0.4, 0.5) is 10.5 Å². The number of carbonyl (C=O) groups excluding carboxylic acids is 1. The minimum Gasteiger partial charge on any atom is -0.480 e. The number of rotatable bonds is 3. The van der Waals surface area contributed by atoms with Gasteiger partial charge in [-0.05, 0) is 6.42 Å². The fourth-order valence-corrected chi connectivity index (χ4v) is 2.14. The van der Waals surface area contributed by atoms with Crippen LogP contribution in [0.5, 0.6) is 0 Å². The van der Waals surface area contributed by atoms with Gasteiger partial charge in [-0.2, -0.15) is 5.10 Å². The molecule has 2 rings (SSSR count). The first-order chi connectivity index (χ1) is 9.52. The Hall–Kier alpha value is -2.09. The molecule has 8 heteroatoms. The maximum atomic E-state index is 12.2. The van der Waals surface area contributed by atoms with Crippen LogP contribution in [0.2, 0.25) is 0 Å². The Labute approximate surface area is 116 Å². The molecule has 0 aromatic carbocycles. The number of hydrogen-bond acceptors (Lipinski definition) is 4. The summed E-state index contributed by atoms with van der Waals surface area (Å²) in [5, 5.41) is 16.1. The highest BCUT2D eigenvalue weighted by Gasteiger charge is 2.33. The molecule has 110 valence electrons. The smallest absolute Gasteiger partial charge is 0.328 e. The van der Waals surface area contributed by atoms with Crippen molar-refractivity contribution in [3.8, 4) is 0 Å². The highest BCUT2D eigenvalue weighted by Crippen LogP contribution is 2.16. The van der Waals surface area contributed by atoms with E-state index in [1.807, 2.05) is 6.92 Å². The standard InChI is InChI=1S/C12H18N4O4/c1-3-8-9(6-15(2)14-8)13-12(19)16-4-5-20-7-10(16)11(17)18/h6,10H,3-5,7H2,1-2H3,(H,13,19)(H,17,18). The van der Waals surface area contributed by atoms with E-state index < -0.39 is 18.0 Å². The quantitative estimate of drug-likeness (QED) is 0.831. The van der Waals surface area contributed by atoms with E-state index in [1.54, 1.807) is 17.9 Å². The summed E-state index contributed by atoms with van der Waals surface area (Å²) in [5.74, 6) is -1.07. The molecular formula is C12H18N4O4. The summed E-state index contributed by atoms with van der Waals surface area (Å²) in [4.78, 5) is 24.6. The summed E-state index contributed by atoms with van der Waals surface area (Å²) in [6.45, 7) is 2.54. The topological polar surface area (TPSA) is 96.7 Å². The van der Waals surface area contributed by atoms with Gasteiger partial charge in [0, 0.05) is 19.8 Å². The Morgan fingerprint density at radius 1 is 1.60 bits per heavy atom. The van der Waals surface area contributed by atoms with Crippen LogP contribution in [0, 0.1) is 0 Å². The van der Waals surface area contributed by atoms with Crippen LogP contribution in [-0.4, -0.2) is 57.6 Å². The third kappa shape index (κ3) is 2.90. The van der Waals surface area contributed by atoms with Crippen LogP contribution < -0.4 is 5.32 Å². The number of nitrogens with one attached hydrogen (secondary N) is 1. The number of urea groups is 1. The minimum absolute atomic E-state index is 0.0103. The summed E-state index contributed by atoms with van der Waals surface area (Å²) in [6.07, 6.45) is 2.38. The molecule has 8 nitrogen and oxygen atoms in total. The van der Waals surface area contributed by atoms with Crippen LogP contribution in [0.25, 0.3) is 0 Å². The van der Waals surface area contributed by atoms with Gasteiger partial charge >= 0.3 is 12.0 Å². The number of aryl methyl sites for hydroxylation is 2. The molecule has 1 unspecified atom stereocenters. The first-order valence-corrected chi connectivity index (χ1v) is 6.43. The normalized spacial score (nSPS) is 18.9. The zero-order valence-electron chi connectivity index (χ0n) is 11.5. The molecule has 1 aliphatic heterocycles. The summed E-state index contributed by atoms with van der Waals surface area (Å²) in [6, 6.07) is -1.39. The molecule has 0 saturated carbocycles. The van der Waals surface area contributed by atoms with E-state index in [0.717, 1.165) is 5.69 Å². The Morgan fingerprint density at radius 3 is 3.00 bits per heavy atom. The molecule has 2 N–H and O–H groups in total. The maximum Gasteiger partial charge on any atom is 0.328 e. The number of anilines is 1. The summed E-state index contributed by atoms with van der Waals surface area (Å²) in [7, 11) is 1.77. The van der Waals surface area contributed by atoms with Crippen LogP contribution in [-0.2, 0) is 23.0 Å². The molecule has 1 aromatic heterocycles. The molecule has 2 amide bonds. The van der Waals surface area contributed by atoms with Gasteiger partial charge in [-0.15, -0.1) is 0 Å². The second kappa shape index (κ2) is 5.91. The van der Waals surface area contributed by atoms with Crippen molar-refractivity contribution in [2.75, 3.05) is 25.1 Å². The summed E-state index contributed by atoms with van der Waals surface area (Å²) < 4.78 is 6.72. The van der Waals surface area contributed by atoms with Crippen molar-refractivity contribution < 1.29 is 19.4 Å². The summed E-state index contributed by atoms with van der Waals surface area (Å²) >= 11 is 0. The SMILES string of the molecule is CCc1nn(C)cc1NC(=O)N1CCOCC1C(=O)O. The zero-order valence-corrected chi connectivity index (χ0v) is 11.5. The molecule has 1 fully saturated rings. The number of nitrogens with zero attached hydrogens (tertiary/aromatic N) is 3. The Bertz CT molecular complexity index is 514. The fraction of sp³-hybridized carbons (Fsp3) is 0.583. The molecule has 0 aliphatic carbocycles. The van der Waals surface area contributed by atoms with Crippen LogP contribution >= 0.6 is 0 Å². The number of amides is 2. The van der Waals surface area contributed by atoms with Crippen LogP contribution in [0.1, 0.15) is 12.6 Å². The summed E-state index contributed by atoms with van der Waals surface area (Å²) in [5.41, 5.74) is 1.37. The van der Waals surface area contributed by atoms with Crippen molar-refractivity contribution >= 4 is 17.7 Å². The third-order valence-corrected chi connectivity index (χ3v) is 3.16. The number of carboxylic acid groups (broad SMARTS) is 1. The molecule has 0 spiro atoms. The molecule has 20 heavy (non-hydrogen) atoms. The van der Waals surface area contributed by atoms with Gasteiger partial charge in [0.15, 0.2) is 6.04 Å². The van der Waals surface area contributed by atoms with E-state index in [4.69, 9.17) is 9.84 Å². The molecule has 1 aromatic rings. The number of morpholine rings is 1. The third-order valence-electron chi connectivity index (χ3n) is 3.16. The molecule has 1 saturated heterocycles. The van der Waals surface area contributed by atoms with Gasteiger partial charge in [0.05, 0.1) is 24.6 Å². The molecule has 1 aliphatic rings. The minimum atomic E-state index is -1.07. The van der Waals surface area contributed by atoms with Gasteiger partial charge in [-0.3, -0.25) is 4.68 Å². The van der Waals surface area contributed by atoms with Crippen molar-refractivity contribution in [3.05, 3.63) is 11.9 Å². The highest BCUT2D eigenvalue weighted by atomic mass is 16.5. The Balaban J connectivity index is 2.11. The first-order valence-electron chi connectivity index (χ1n) is 6.43. The van der Waals surface area contributed by atoms with E-state index in [1.165, 1.54) is 4.90 Å². The van der Waals surface area contributed by atoms with Gasteiger partial charge < -0.3 is 20.1 Å². The monoisotopic (exact) mass is 282 g/mol.